The lowest BCUT2D eigenvalue weighted by atomic mass is 10.0. The van der Waals surface area contributed by atoms with Crippen molar-refractivity contribution in [2.45, 2.75) is 18.9 Å². The third kappa shape index (κ3) is 3.60. The number of benzene rings is 1. The Balaban J connectivity index is 1.62. The predicted octanol–water partition coefficient (Wildman–Crippen LogP) is 1.87. The molecule has 1 N–H and O–H groups in total. The van der Waals surface area contributed by atoms with Gasteiger partial charge in [-0.2, -0.15) is 0 Å². The van der Waals surface area contributed by atoms with E-state index in [1.807, 2.05) is 29.2 Å². The molecule has 1 aromatic carbocycles. The number of anilines is 1. The molecule has 2 fully saturated rings. The number of carbonyl (C=O) groups is 1. The molecule has 1 atom stereocenters. The molecule has 1 amide bonds. The number of nitrogens with one attached hydrogen (secondary N) is 1. The molecule has 1 unspecified atom stereocenters. The van der Waals surface area contributed by atoms with Crippen LogP contribution in [0.3, 0.4) is 0 Å². The van der Waals surface area contributed by atoms with Crippen molar-refractivity contribution in [1.82, 2.24) is 20.2 Å². The molecule has 0 spiro atoms. The number of para-hydroxylation sites is 1. The number of ether oxygens (including phenoxy) is 1. The van der Waals surface area contributed by atoms with Gasteiger partial charge in [0.15, 0.2) is 0 Å². The van der Waals surface area contributed by atoms with Crippen LogP contribution in [-0.2, 0) is 0 Å². The Morgan fingerprint density at radius 2 is 2.00 bits per heavy atom. The summed E-state index contributed by atoms with van der Waals surface area (Å²) < 4.78 is 5.52. The molecule has 0 radical (unpaired) electrons. The molecule has 2 aliphatic rings. The molecule has 0 saturated carbocycles. The summed E-state index contributed by atoms with van der Waals surface area (Å²) in [6, 6.07) is 9.49. The third-order valence-electron chi connectivity index (χ3n) is 5.25. The van der Waals surface area contributed by atoms with Crippen LogP contribution in [0.25, 0.3) is 0 Å². The molecule has 4 rings (SSSR count). The summed E-state index contributed by atoms with van der Waals surface area (Å²) in [6.45, 7) is 3.99. The highest BCUT2D eigenvalue weighted by Gasteiger charge is 2.31. The molecule has 142 valence electrons. The first-order valence-corrected chi connectivity index (χ1v) is 9.50. The average Bonchev–Trinajstić information content (AvgIpc) is 3.28. The fourth-order valence-corrected chi connectivity index (χ4v) is 3.85. The molecule has 1 aromatic heterocycles. The molecule has 2 aliphatic heterocycles. The smallest absolute Gasteiger partial charge is 0.273 e. The third-order valence-corrected chi connectivity index (χ3v) is 5.25. The number of carbonyl (C=O) groups excluding carboxylic acids is 1. The first-order chi connectivity index (χ1) is 13.3. The van der Waals surface area contributed by atoms with Gasteiger partial charge in [0.2, 0.25) is 5.95 Å². The van der Waals surface area contributed by atoms with E-state index < -0.39 is 0 Å². The number of piperazine rings is 1. The van der Waals surface area contributed by atoms with Crippen molar-refractivity contribution < 1.29 is 9.53 Å². The van der Waals surface area contributed by atoms with Crippen molar-refractivity contribution in [2.75, 3.05) is 44.7 Å². The molecular weight excluding hydrogens is 342 g/mol. The van der Waals surface area contributed by atoms with E-state index in [9.17, 15) is 4.79 Å². The largest absolute Gasteiger partial charge is 0.496 e. The molecule has 2 saturated heterocycles. The molecule has 2 aromatic rings. The Kier molecular flexibility index (Phi) is 5.20. The first-order valence-electron chi connectivity index (χ1n) is 9.50. The predicted molar refractivity (Wildman–Crippen MR) is 103 cm³/mol. The standard InChI is InChI=1S/C20H25N5O2/c1-27-18-7-3-2-6-15(18)17-14-21-10-13-25(17)19(26)16-8-9-22-20(23-16)24-11-4-5-12-24/h2-3,6-9,17,21H,4-5,10-14H2,1H3. The molecule has 0 aliphatic carbocycles. The second kappa shape index (κ2) is 7.92. The lowest BCUT2D eigenvalue weighted by molar-refractivity contribution is 0.0625. The van der Waals surface area contributed by atoms with E-state index in [0.717, 1.165) is 43.8 Å². The van der Waals surface area contributed by atoms with Gasteiger partial charge in [-0.05, 0) is 25.0 Å². The van der Waals surface area contributed by atoms with Crippen LogP contribution in [0, 0.1) is 0 Å². The summed E-state index contributed by atoms with van der Waals surface area (Å²) in [5.74, 6) is 1.39. The summed E-state index contributed by atoms with van der Waals surface area (Å²) in [5, 5.41) is 3.39. The van der Waals surface area contributed by atoms with Gasteiger partial charge in [-0.25, -0.2) is 9.97 Å². The molecule has 27 heavy (non-hydrogen) atoms. The second-order valence-electron chi connectivity index (χ2n) is 6.90. The van der Waals surface area contributed by atoms with E-state index in [-0.39, 0.29) is 11.9 Å². The van der Waals surface area contributed by atoms with E-state index in [1.54, 1.807) is 19.4 Å². The lowest BCUT2D eigenvalue weighted by Crippen LogP contribution is -2.49. The highest BCUT2D eigenvalue weighted by molar-refractivity contribution is 5.93. The van der Waals surface area contributed by atoms with Crippen molar-refractivity contribution >= 4 is 11.9 Å². The Hall–Kier alpha value is -2.67. The quantitative estimate of drug-likeness (QED) is 0.890. The molecule has 3 heterocycles. The minimum atomic E-state index is -0.0902. The monoisotopic (exact) mass is 367 g/mol. The minimum Gasteiger partial charge on any atom is -0.496 e. The van der Waals surface area contributed by atoms with Gasteiger partial charge in [0.05, 0.1) is 13.2 Å². The average molecular weight is 367 g/mol. The number of amides is 1. The van der Waals surface area contributed by atoms with Crippen molar-refractivity contribution in [3.8, 4) is 5.75 Å². The van der Waals surface area contributed by atoms with Crippen LogP contribution < -0.4 is 15.0 Å². The van der Waals surface area contributed by atoms with Gasteiger partial charge in [-0.3, -0.25) is 4.79 Å². The van der Waals surface area contributed by atoms with Gasteiger partial charge in [0, 0.05) is 44.5 Å². The van der Waals surface area contributed by atoms with Crippen LogP contribution in [-0.4, -0.2) is 60.6 Å². The van der Waals surface area contributed by atoms with Crippen LogP contribution in [0.4, 0.5) is 5.95 Å². The Bertz CT molecular complexity index is 806. The number of nitrogens with zero attached hydrogens (tertiary/aromatic N) is 4. The van der Waals surface area contributed by atoms with E-state index in [1.165, 1.54) is 0 Å². The number of rotatable bonds is 4. The number of hydrogen-bond acceptors (Lipinski definition) is 6. The van der Waals surface area contributed by atoms with E-state index >= 15 is 0 Å². The topological polar surface area (TPSA) is 70.6 Å². The maximum absolute atomic E-state index is 13.3. The molecule has 0 bridgehead atoms. The summed E-state index contributed by atoms with van der Waals surface area (Å²) in [5.41, 5.74) is 1.46. The van der Waals surface area contributed by atoms with Crippen molar-refractivity contribution in [3.63, 3.8) is 0 Å². The molecule has 7 heteroatoms. The van der Waals surface area contributed by atoms with Gasteiger partial charge in [-0.15, -0.1) is 0 Å². The van der Waals surface area contributed by atoms with Gasteiger partial charge in [0.1, 0.15) is 11.4 Å². The zero-order valence-corrected chi connectivity index (χ0v) is 15.6. The number of methoxy groups -OCH3 is 1. The van der Waals surface area contributed by atoms with Gasteiger partial charge in [0.25, 0.3) is 5.91 Å². The van der Waals surface area contributed by atoms with Gasteiger partial charge in [-0.1, -0.05) is 18.2 Å². The fourth-order valence-electron chi connectivity index (χ4n) is 3.85. The van der Waals surface area contributed by atoms with Crippen molar-refractivity contribution in [2.24, 2.45) is 0 Å². The summed E-state index contributed by atoms with van der Waals surface area (Å²) in [6.07, 6.45) is 3.98. The minimum absolute atomic E-state index is 0.0600. The van der Waals surface area contributed by atoms with Crippen molar-refractivity contribution in [1.29, 1.82) is 0 Å². The van der Waals surface area contributed by atoms with Crippen molar-refractivity contribution in [3.05, 3.63) is 47.8 Å². The maximum atomic E-state index is 13.3. The second-order valence-corrected chi connectivity index (χ2v) is 6.90. The highest BCUT2D eigenvalue weighted by atomic mass is 16.5. The van der Waals surface area contributed by atoms with Crippen LogP contribution >= 0.6 is 0 Å². The Morgan fingerprint density at radius 3 is 2.81 bits per heavy atom. The summed E-state index contributed by atoms with van der Waals surface area (Å²) in [7, 11) is 1.66. The molecule has 7 nitrogen and oxygen atoms in total. The van der Waals surface area contributed by atoms with E-state index in [2.05, 4.69) is 20.2 Å². The highest BCUT2D eigenvalue weighted by Crippen LogP contribution is 2.31. The van der Waals surface area contributed by atoms with Crippen LogP contribution in [0.1, 0.15) is 34.9 Å². The van der Waals surface area contributed by atoms with E-state index in [0.29, 0.717) is 24.7 Å². The number of aromatic nitrogens is 2. The van der Waals surface area contributed by atoms with Crippen LogP contribution in [0.2, 0.25) is 0 Å². The zero-order chi connectivity index (χ0) is 18.6. The number of hydrogen-bond donors (Lipinski definition) is 1. The van der Waals surface area contributed by atoms with Crippen LogP contribution in [0.15, 0.2) is 36.5 Å². The SMILES string of the molecule is COc1ccccc1C1CNCCN1C(=O)c1ccnc(N2CCCC2)n1. The Morgan fingerprint density at radius 1 is 1.19 bits per heavy atom. The van der Waals surface area contributed by atoms with E-state index in [4.69, 9.17) is 4.74 Å². The van der Waals surface area contributed by atoms with Crippen LogP contribution in [0.5, 0.6) is 5.75 Å². The fraction of sp³-hybridized carbons (Fsp3) is 0.450. The molecular formula is C20H25N5O2. The summed E-state index contributed by atoms with van der Waals surface area (Å²) in [4.78, 5) is 26.3. The maximum Gasteiger partial charge on any atom is 0.273 e. The normalized spacial score (nSPS) is 20.0. The Labute approximate surface area is 159 Å². The van der Waals surface area contributed by atoms with Gasteiger partial charge < -0.3 is 19.9 Å². The lowest BCUT2D eigenvalue weighted by Gasteiger charge is -2.37. The van der Waals surface area contributed by atoms with Gasteiger partial charge >= 0.3 is 0 Å². The zero-order valence-electron chi connectivity index (χ0n) is 15.6. The summed E-state index contributed by atoms with van der Waals surface area (Å²) >= 11 is 0. The first kappa shape index (κ1) is 17.7.